The van der Waals surface area contributed by atoms with Crippen LogP contribution in [0.1, 0.15) is 39.0 Å². The molecule has 4 heteroatoms. The zero-order valence-corrected chi connectivity index (χ0v) is 10.9. The van der Waals surface area contributed by atoms with Crippen LogP contribution in [-0.4, -0.2) is 32.5 Å². The summed E-state index contributed by atoms with van der Waals surface area (Å²) < 4.78 is 23.4. The lowest BCUT2D eigenvalue weighted by Gasteiger charge is -2.15. The number of hydrogen-bond acceptors (Lipinski definition) is 3. The second kappa shape index (κ2) is 5.05. The summed E-state index contributed by atoms with van der Waals surface area (Å²) in [5.41, 5.74) is 0. The van der Waals surface area contributed by atoms with E-state index in [1.807, 2.05) is 0 Å². The van der Waals surface area contributed by atoms with Crippen LogP contribution in [0.15, 0.2) is 0 Å². The van der Waals surface area contributed by atoms with Crippen LogP contribution in [-0.2, 0) is 9.84 Å². The van der Waals surface area contributed by atoms with Crippen molar-refractivity contribution < 1.29 is 8.42 Å². The van der Waals surface area contributed by atoms with Crippen LogP contribution < -0.4 is 5.32 Å². The third-order valence-corrected chi connectivity index (χ3v) is 5.44. The molecule has 0 amide bonds. The average molecular weight is 245 g/mol. The van der Waals surface area contributed by atoms with E-state index >= 15 is 0 Å². The van der Waals surface area contributed by atoms with Gasteiger partial charge in [-0.25, -0.2) is 8.42 Å². The zero-order chi connectivity index (χ0) is 11.6. The quantitative estimate of drug-likeness (QED) is 0.706. The van der Waals surface area contributed by atoms with Gasteiger partial charge in [0.25, 0.3) is 0 Å². The summed E-state index contributed by atoms with van der Waals surface area (Å²) in [6.07, 6.45) is 5.99. The first-order chi connectivity index (χ1) is 7.61. The highest BCUT2D eigenvalue weighted by atomic mass is 32.2. The summed E-state index contributed by atoms with van der Waals surface area (Å²) in [4.78, 5) is 0. The maximum atomic E-state index is 11.7. The Balaban J connectivity index is 1.65. The minimum absolute atomic E-state index is 0.326. The summed E-state index contributed by atoms with van der Waals surface area (Å²) in [5.74, 6) is 2.05. The highest BCUT2D eigenvalue weighted by Crippen LogP contribution is 2.34. The Kier molecular flexibility index (Phi) is 3.90. The predicted molar refractivity (Wildman–Crippen MR) is 66.2 cm³/mol. The Bertz CT molecular complexity index is 318. The monoisotopic (exact) mass is 245 g/mol. The van der Waals surface area contributed by atoms with Crippen molar-refractivity contribution in [3.63, 3.8) is 0 Å². The molecule has 1 atom stereocenters. The van der Waals surface area contributed by atoms with Gasteiger partial charge in [-0.05, 0) is 43.9 Å². The van der Waals surface area contributed by atoms with Crippen LogP contribution in [0.2, 0.25) is 0 Å². The minimum Gasteiger partial charge on any atom is -0.313 e. The highest BCUT2D eigenvalue weighted by molar-refractivity contribution is 7.91. The third-order valence-electron chi connectivity index (χ3n) is 3.64. The van der Waals surface area contributed by atoms with Gasteiger partial charge < -0.3 is 5.32 Å². The van der Waals surface area contributed by atoms with E-state index in [-0.39, 0.29) is 0 Å². The molecule has 0 radical (unpaired) electrons. The molecule has 0 spiro atoms. The van der Waals surface area contributed by atoms with Crippen molar-refractivity contribution >= 4 is 9.84 Å². The molecule has 0 aliphatic heterocycles. The van der Waals surface area contributed by atoms with E-state index in [1.165, 1.54) is 12.8 Å². The van der Waals surface area contributed by atoms with E-state index in [9.17, 15) is 8.42 Å². The van der Waals surface area contributed by atoms with Gasteiger partial charge in [0, 0.05) is 12.6 Å². The summed E-state index contributed by atoms with van der Waals surface area (Å²) in [7, 11) is -2.79. The Morgan fingerprint density at radius 3 is 2.44 bits per heavy atom. The SMILES string of the molecule is CCC(NCCS(=O)(=O)CC1CC1)C1CC1. The average Bonchev–Trinajstić information content (AvgIpc) is 3.03. The van der Waals surface area contributed by atoms with Crippen molar-refractivity contribution in [2.45, 2.75) is 45.1 Å². The zero-order valence-electron chi connectivity index (χ0n) is 10.1. The Morgan fingerprint density at radius 2 is 1.94 bits per heavy atom. The van der Waals surface area contributed by atoms with E-state index in [0.29, 0.717) is 30.0 Å². The van der Waals surface area contributed by atoms with Crippen LogP contribution in [0.25, 0.3) is 0 Å². The summed E-state index contributed by atoms with van der Waals surface area (Å²) in [5, 5.41) is 3.40. The van der Waals surface area contributed by atoms with E-state index in [2.05, 4.69) is 12.2 Å². The number of sulfone groups is 1. The molecule has 1 N–H and O–H groups in total. The molecule has 2 fully saturated rings. The first-order valence-electron chi connectivity index (χ1n) is 6.54. The van der Waals surface area contributed by atoms with Crippen LogP contribution in [0.4, 0.5) is 0 Å². The maximum absolute atomic E-state index is 11.7. The molecule has 94 valence electrons. The van der Waals surface area contributed by atoms with Gasteiger partial charge >= 0.3 is 0 Å². The van der Waals surface area contributed by atoms with Crippen molar-refractivity contribution in [1.29, 1.82) is 0 Å². The van der Waals surface area contributed by atoms with Gasteiger partial charge in [-0.2, -0.15) is 0 Å². The molecule has 2 saturated carbocycles. The van der Waals surface area contributed by atoms with Gasteiger partial charge in [0.2, 0.25) is 0 Å². The Labute approximate surface area is 98.9 Å². The topological polar surface area (TPSA) is 46.2 Å². The fourth-order valence-electron chi connectivity index (χ4n) is 2.27. The normalized spacial score (nSPS) is 23.3. The molecule has 0 aromatic carbocycles. The third kappa shape index (κ3) is 4.06. The second-order valence-corrected chi connectivity index (χ2v) is 7.59. The Morgan fingerprint density at radius 1 is 1.25 bits per heavy atom. The van der Waals surface area contributed by atoms with Gasteiger partial charge in [0.15, 0.2) is 9.84 Å². The van der Waals surface area contributed by atoms with Crippen LogP contribution >= 0.6 is 0 Å². The molecule has 2 rings (SSSR count). The van der Waals surface area contributed by atoms with Crippen LogP contribution in [0.3, 0.4) is 0 Å². The molecule has 0 bridgehead atoms. The van der Waals surface area contributed by atoms with Crippen molar-refractivity contribution in [3.05, 3.63) is 0 Å². The molecular weight excluding hydrogens is 222 g/mol. The van der Waals surface area contributed by atoms with Crippen LogP contribution in [0, 0.1) is 11.8 Å². The van der Waals surface area contributed by atoms with E-state index in [0.717, 1.165) is 25.2 Å². The van der Waals surface area contributed by atoms with Crippen molar-refractivity contribution in [2.75, 3.05) is 18.1 Å². The molecule has 1 unspecified atom stereocenters. The van der Waals surface area contributed by atoms with E-state index < -0.39 is 9.84 Å². The van der Waals surface area contributed by atoms with Gasteiger partial charge in [0.05, 0.1) is 11.5 Å². The molecule has 0 aromatic heterocycles. The molecule has 0 aromatic rings. The summed E-state index contributed by atoms with van der Waals surface area (Å²) in [6.45, 7) is 2.82. The predicted octanol–water partition coefficient (Wildman–Crippen LogP) is 1.59. The number of rotatable bonds is 8. The fourth-order valence-corrected chi connectivity index (χ4v) is 3.92. The summed E-state index contributed by atoms with van der Waals surface area (Å²) in [6, 6.07) is 0.552. The molecule has 0 heterocycles. The number of hydrogen-bond donors (Lipinski definition) is 1. The van der Waals surface area contributed by atoms with E-state index in [1.54, 1.807) is 0 Å². The minimum atomic E-state index is -2.79. The fraction of sp³-hybridized carbons (Fsp3) is 1.00. The smallest absolute Gasteiger partial charge is 0.151 e. The molecule has 2 aliphatic carbocycles. The maximum Gasteiger partial charge on any atom is 0.151 e. The van der Waals surface area contributed by atoms with Gasteiger partial charge in [-0.1, -0.05) is 6.92 Å². The molecule has 3 nitrogen and oxygen atoms in total. The Hall–Kier alpha value is -0.0900. The largest absolute Gasteiger partial charge is 0.313 e. The van der Waals surface area contributed by atoms with Gasteiger partial charge in [-0.3, -0.25) is 0 Å². The first kappa shape index (κ1) is 12.4. The highest BCUT2D eigenvalue weighted by Gasteiger charge is 2.30. The number of nitrogens with one attached hydrogen (secondary N) is 1. The van der Waals surface area contributed by atoms with Gasteiger partial charge in [0.1, 0.15) is 0 Å². The molecule has 2 aliphatic rings. The van der Waals surface area contributed by atoms with Crippen molar-refractivity contribution in [3.8, 4) is 0 Å². The van der Waals surface area contributed by atoms with E-state index in [4.69, 9.17) is 0 Å². The lowest BCUT2D eigenvalue weighted by Crippen LogP contribution is -2.34. The first-order valence-corrected chi connectivity index (χ1v) is 8.36. The lowest BCUT2D eigenvalue weighted by molar-refractivity contribution is 0.461. The van der Waals surface area contributed by atoms with Crippen molar-refractivity contribution in [1.82, 2.24) is 5.32 Å². The standard InChI is InChI=1S/C12H23NO2S/c1-2-12(11-5-6-11)13-7-8-16(14,15)9-10-3-4-10/h10-13H,2-9H2,1H3. The van der Waals surface area contributed by atoms with Crippen molar-refractivity contribution in [2.24, 2.45) is 11.8 Å². The van der Waals surface area contributed by atoms with Crippen LogP contribution in [0.5, 0.6) is 0 Å². The van der Waals surface area contributed by atoms with Gasteiger partial charge in [-0.15, -0.1) is 0 Å². The molecular formula is C12H23NO2S. The molecule has 0 saturated heterocycles. The second-order valence-electron chi connectivity index (χ2n) is 5.36. The molecule has 16 heavy (non-hydrogen) atoms. The summed E-state index contributed by atoms with van der Waals surface area (Å²) >= 11 is 0. The lowest BCUT2D eigenvalue weighted by atomic mass is 10.1.